The van der Waals surface area contributed by atoms with Gasteiger partial charge in [0.05, 0.1) is 17.8 Å². The van der Waals surface area contributed by atoms with E-state index in [-0.39, 0.29) is 5.57 Å². The Hall–Kier alpha value is -2.77. The number of nitrogens with one attached hydrogen (secondary N) is 1. The summed E-state index contributed by atoms with van der Waals surface area (Å²) in [7, 11) is 1.55. The molecule has 0 aliphatic rings. The molecule has 2 aromatic rings. The Labute approximate surface area is 133 Å². The van der Waals surface area contributed by atoms with Gasteiger partial charge in [-0.05, 0) is 35.9 Å². The van der Waals surface area contributed by atoms with E-state index in [0.717, 1.165) is 0 Å². The van der Waals surface area contributed by atoms with Crippen LogP contribution in [-0.2, 0) is 4.79 Å². The van der Waals surface area contributed by atoms with Crippen LogP contribution in [0.1, 0.15) is 5.56 Å². The highest BCUT2D eigenvalue weighted by Gasteiger charge is 2.11. The minimum Gasteiger partial charge on any atom is -0.497 e. The number of amides is 1. The minimum absolute atomic E-state index is 0.0202. The molecule has 0 aliphatic carbocycles. The van der Waals surface area contributed by atoms with Crippen LogP contribution >= 0.6 is 11.6 Å². The lowest BCUT2D eigenvalue weighted by Crippen LogP contribution is -2.13. The number of carbonyl (C=O) groups is 1. The number of benzene rings is 2. The van der Waals surface area contributed by atoms with E-state index in [1.54, 1.807) is 55.6 Å². The largest absolute Gasteiger partial charge is 0.497 e. The monoisotopic (exact) mass is 312 g/mol. The molecule has 0 radical (unpaired) electrons. The van der Waals surface area contributed by atoms with Crippen LogP contribution in [-0.4, -0.2) is 13.0 Å². The van der Waals surface area contributed by atoms with Crippen LogP contribution in [0.2, 0.25) is 5.02 Å². The lowest BCUT2D eigenvalue weighted by Gasteiger charge is -2.06. The summed E-state index contributed by atoms with van der Waals surface area (Å²) >= 11 is 5.98. The van der Waals surface area contributed by atoms with Crippen molar-refractivity contribution in [1.29, 1.82) is 5.26 Å². The minimum atomic E-state index is -0.515. The predicted octanol–water partition coefficient (Wildman–Crippen LogP) is 3.89. The lowest BCUT2D eigenvalue weighted by atomic mass is 10.1. The van der Waals surface area contributed by atoms with Crippen LogP contribution in [0.4, 0.5) is 5.69 Å². The highest BCUT2D eigenvalue weighted by molar-refractivity contribution is 6.34. The van der Waals surface area contributed by atoms with E-state index < -0.39 is 5.91 Å². The highest BCUT2D eigenvalue weighted by atomic mass is 35.5. The zero-order valence-corrected chi connectivity index (χ0v) is 12.6. The molecule has 0 aromatic heterocycles. The Kier molecular flexibility index (Phi) is 5.18. The number of methoxy groups -OCH3 is 1. The van der Waals surface area contributed by atoms with E-state index in [0.29, 0.717) is 22.0 Å². The van der Waals surface area contributed by atoms with Crippen molar-refractivity contribution < 1.29 is 9.53 Å². The zero-order valence-electron chi connectivity index (χ0n) is 11.8. The predicted molar refractivity (Wildman–Crippen MR) is 86.7 cm³/mol. The fourth-order valence-electron chi connectivity index (χ4n) is 1.80. The third-order valence-corrected chi connectivity index (χ3v) is 3.22. The molecular weight excluding hydrogens is 300 g/mol. The fraction of sp³-hybridized carbons (Fsp3) is 0.0588. The standard InChI is InChI=1S/C17H13ClN2O2/c1-22-14-6-4-5-12(10-14)9-13(11-19)17(21)20-16-8-3-2-7-15(16)18/h2-10H,1H3,(H,20,21)/b13-9+. The molecule has 0 aliphatic heterocycles. The molecule has 2 rings (SSSR count). The van der Waals surface area contributed by atoms with E-state index in [9.17, 15) is 10.1 Å². The Morgan fingerprint density at radius 2 is 2.05 bits per heavy atom. The Morgan fingerprint density at radius 3 is 2.73 bits per heavy atom. The molecule has 110 valence electrons. The molecule has 0 bridgehead atoms. The van der Waals surface area contributed by atoms with E-state index in [1.165, 1.54) is 6.08 Å². The van der Waals surface area contributed by atoms with E-state index in [4.69, 9.17) is 16.3 Å². The molecular formula is C17H13ClN2O2. The number of carbonyl (C=O) groups excluding carboxylic acids is 1. The second kappa shape index (κ2) is 7.30. The third kappa shape index (κ3) is 3.87. The summed E-state index contributed by atoms with van der Waals surface area (Å²) in [4.78, 5) is 12.2. The van der Waals surface area contributed by atoms with Gasteiger partial charge in [-0.25, -0.2) is 0 Å². The maximum atomic E-state index is 12.2. The van der Waals surface area contributed by atoms with E-state index >= 15 is 0 Å². The summed E-state index contributed by atoms with van der Waals surface area (Å²) in [6.45, 7) is 0. The molecule has 0 atom stereocenters. The molecule has 0 heterocycles. The molecule has 2 aromatic carbocycles. The van der Waals surface area contributed by atoms with Crippen molar-refractivity contribution in [3.63, 3.8) is 0 Å². The lowest BCUT2D eigenvalue weighted by molar-refractivity contribution is -0.112. The van der Waals surface area contributed by atoms with Gasteiger partial charge in [0.2, 0.25) is 0 Å². The first kappa shape index (κ1) is 15.6. The molecule has 4 nitrogen and oxygen atoms in total. The summed E-state index contributed by atoms with van der Waals surface area (Å²) < 4.78 is 5.11. The van der Waals surface area contributed by atoms with Crippen molar-refractivity contribution in [3.05, 3.63) is 64.7 Å². The second-order valence-corrected chi connectivity index (χ2v) is 4.79. The molecule has 5 heteroatoms. The van der Waals surface area contributed by atoms with Gasteiger partial charge in [0, 0.05) is 0 Å². The van der Waals surface area contributed by atoms with Crippen LogP contribution in [0.25, 0.3) is 6.08 Å². The smallest absolute Gasteiger partial charge is 0.266 e. The van der Waals surface area contributed by atoms with Gasteiger partial charge < -0.3 is 10.1 Å². The molecule has 22 heavy (non-hydrogen) atoms. The summed E-state index contributed by atoms with van der Waals surface area (Å²) in [6.07, 6.45) is 1.49. The summed E-state index contributed by atoms with van der Waals surface area (Å²) in [5.74, 6) is 0.135. The van der Waals surface area contributed by atoms with Crippen LogP contribution in [0.3, 0.4) is 0 Å². The second-order valence-electron chi connectivity index (χ2n) is 4.38. The summed E-state index contributed by atoms with van der Waals surface area (Å²) in [5, 5.41) is 12.2. The summed E-state index contributed by atoms with van der Waals surface area (Å²) in [5.41, 5.74) is 1.14. The van der Waals surface area contributed by atoms with Gasteiger partial charge in [-0.1, -0.05) is 35.9 Å². The van der Waals surface area contributed by atoms with Gasteiger partial charge in [0.25, 0.3) is 5.91 Å². The van der Waals surface area contributed by atoms with Gasteiger partial charge in [0.15, 0.2) is 0 Å². The third-order valence-electron chi connectivity index (χ3n) is 2.89. The first-order valence-electron chi connectivity index (χ1n) is 6.46. The first-order valence-corrected chi connectivity index (χ1v) is 6.83. The summed E-state index contributed by atoms with van der Waals surface area (Å²) in [6, 6.07) is 15.8. The van der Waals surface area contributed by atoms with Crippen molar-refractivity contribution in [3.8, 4) is 11.8 Å². The number of halogens is 1. The van der Waals surface area contributed by atoms with Crippen molar-refractivity contribution in [1.82, 2.24) is 0 Å². The van der Waals surface area contributed by atoms with Crippen LogP contribution < -0.4 is 10.1 Å². The normalized spacial score (nSPS) is 10.7. The molecule has 1 N–H and O–H groups in total. The van der Waals surface area contributed by atoms with Crippen LogP contribution in [0.15, 0.2) is 54.1 Å². The van der Waals surface area contributed by atoms with Crippen molar-refractivity contribution in [2.45, 2.75) is 0 Å². The molecule has 1 amide bonds. The van der Waals surface area contributed by atoms with Gasteiger partial charge in [-0.15, -0.1) is 0 Å². The quantitative estimate of drug-likeness (QED) is 0.688. The molecule has 0 saturated carbocycles. The molecule has 0 saturated heterocycles. The first-order chi connectivity index (χ1) is 10.6. The SMILES string of the molecule is COc1cccc(/C=C(\C#N)C(=O)Nc2ccccc2Cl)c1. The van der Waals surface area contributed by atoms with Gasteiger partial charge in [-0.2, -0.15) is 5.26 Å². The molecule has 0 unspecified atom stereocenters. The molecule has 0 fully saturated rings. The highest BCUT2D eigenvalue weighted by Crippen LogP contribution is 2.21. The van der Waals surface area contributed by atoms with E-state index in [2.05, 4.69) is 5.32 Å². The van der Waals surface area contributed by atoms with Crippen LogP contribution in [0, 0.1) is 11.3 Å². The number of hydrogen-bond acceptors (Lipinski definition) is 3. The Bertz CT molecular complexity index is 763. The number of rotatable bonds is 4. The maximum absolute atomic E-state index is 12.2. The molecule has 0 spiro atoms. The van der Waals surface area contributed by atoms with Crippen molar-refractivity contribution >= 4 is 29.3 Å². The number of nitriles is 1. The topological polar surface area (TPSA) is 62.1 Å². The zero-order chi connectivity index (χ0) is 15.9. The number of para-hydroxylation sites is 1. The van der Waals surface area contributed by atoms with Gasteiger partial charge in [0.1, 0.15) is 17.4 Å². The number of anilines is 1. The Morgan fingerprint density at radius 1 is 1.27 bits per heavy atom. The number of ether oxygens (including phenoxy) is 1. The van der Waals surface area contributed by atoms with Crippen LogP contribution in [0.5, 0.6) is 5.75 Å². The van der Waals surface area contributed by atoms with Gasteiger partial charge in [-0.3, -0.25) is 4.79 Å². The average Bonchev–Trinajstić information content (AvgIpc) is 2.54. The Balaban J connectivity index is 2.24. The van der Waals surface area contributed by atoms with Gasteiger partial charge >= 0.3 is 0 Å². The van der Waals surface area contributed by atoms with E-state index in [1.807, 2.05) is 6.07 Å². The van der Waals surface area contributed by atoms with Crippen molar-refractivity contribution in [2.75, 3.05) is 12.4 Å². The fourth-order valence-corrected chi connectivity index (χ4v) is 1.98. The number of hydrogen-bond donors (Lipinski definition) is 1. The average molecular weight is 313 g/mol. The maximum Gasteiger partial charge on any atom is 0.266 e. The van der Waals surface area contributed by atoms with Crippen molar-refractivity contribution in [2.24, 2.45) is 0 Å². The number of nitrogens with zero attached hydrogens (tertiary/aromatic N) is 1.